The Morgan fingerprint density at radius 3 is 2.77 bits per heavy atom. The van der Waals surface area contributed by atoms with Gasteiger partial charge in [-0.25, -0.2) is 9.18 Å². The fourth-order valence-corrected chi connectivity index (χ4v) is 1.93. The molecule has 2 aromatic rings. The van der Waals surface area contributed by atoms with Crippen LogP contribution in [0.4, 0.5) is 9.18 Å². The second kappa shape index (κ2) is 8.14. The fraction of sp³-hybridized carbons (Fsp3) is 0.333. The molecule has 0 bridgehead atoms. The van der Waals surface area contributed by atoms with Crippen LogP contribution in [0.2, 0.25) is 0 Å². The average Bonchev–Trinajstić information content (AvgIpc) is 3.03. The van der Waals surface area contributed by atoms with Crippen LogP contribution in [0.15, 0.2) is 42.7 Å². The molecule has 6 nitrogen and oxygen atoms in total. The molecule has 22 heavy (non-hydrogen) atoms. The molecule has 0 spiro atoms. The monoisotopic (exact) mass is 306 g/mol. The first-order valence-electron chi connectivity index (χ1n) is 7.08. The lowest BCUT2D eigenvalue weighted by molar-refractivity contribution is 0.173. The lowest BCUT2D eigenvalue weighted by atomic mass is 10.1. The minimum absolute atomic E-state index is 0.0661. The summed E-state index contributed by atoms with van der Waals surface area (Å²) < 4.78 is 14.6. The molecule has 1 atom stereocenters. The Morgan fingerprint density at radius 1 is 1.32 bits per heavy atom. The largest absolute Gasteiger partial charge is 0.387 e. The normalized spacial score (nSPS) is 11.9. The van der Waals surface area contributed by atoms with Gasteiger partial charge in [-0.3, -0.25) is 4.68 Å². The Bertz CT molecular complexity index is 572. The molecule has 1 aromatic heterocycles. The minimum Gasteiger partial charge on any atom is -0.387 e. The van der Waals surface area contributed by atoms with E-state index in [2.05, 4.69) is 15.7 Å². The van der Waals surface area contributed by atoms with Gasteiger partial charge in [-0.15, -0.1) is 0 Å². The van der Waals surface area contributed by atoms with Crippen LogP contribution >= 0.6 is 0 Å². The lowest BCUT2D eigenvalue weighted by Crippen LogP contribution is -2.38. The zero-order valence-electron chi connectivity index (χ0n) is 12.1. The van der Waals surface area contributed by atoms with Crippen molar-refractivity contribution in [3.8, 4) is 0 Å². The van der Waals surface area contributed by atoms with Crippen LogP contribution in [-0.4, -0.2) is 34.0 Å². The first kappa shape index (κ1) is 16.0. The predicted octanol–water partition coefficient (Wildman–Crippen LogP) is 1.45. The molecule has 3 N–H and O–H groups in total. The summed E-state index contributed by atoms with van der Waals surface area (Å²) in [5.74, 6) is -0.362. The lowest BCUT2D eigenvalue weighted by Gasteiger charge is -2.13. The standard InChI is InChI=1S/C15H19FN4O2/c16-13-5-3-12(4-6-13)14(21)11-18-15(22)17-7-1-9-20-10-2-8-19-20/h2-6,8,10,14,21H,1,7,9,11H2,(H2,17,18,22). The van der Waals surface area contributed by atoms with E-state index in [0.29, 0.717) is 12.1 Å². The molecule has 1 heterocycles. The van der Waals surface area contributed by atoms with E-state index in [0.717, 1.165) is 13.0 Å². The van der Waals surface area contributed by atoms with Crippen molar-refractivity contribution in [2.75, 3.05) is 13.1 Å². The minimum atomic E-state index is -0.865. The van der Waals surface area contributed by atoms with E-state index in [1.165, 1.54) is 24.3 Å². The molecular formula is C15H19FN4O2. The van der Waals surface area contributed by atoms with Crippen LogP contribution < -0.4 is 10.6 Å². The summed E-state index contributed by atoms with van der Waals surface area (Å²) in [6, 6.07) is 7.02. The molecule has 0 fully saturated rings. The van der Waals surface area contributed by atoms with Crippen LogP contribution in [0.5, 0.6) is 0 Å². The van der Waals surface area contributed by atoms with E-state index in [-0.39, 0.29) is 18.4 Å². The third kappa shape index (κ3) is 5.17. The molecule has 0 aliphatic rings. The number of benzene rings is 1. The second-order valence-corrected chi connectivity index (χ2v) is 4.83. The zero-order valence-corrected chi connectivity index (χ0v) is 12.1. The van der Waals surface area contributed by atoms with Crippen LogP contribution in [0.3, 0.4) is 0 Å². The van der Waals surface area contributed by atoms with Crippen LogP contribution in [-0.2, 0) is 6.54 Å². The van der Waals surface area contributed by atoms with Crippen molar-refractivity contribution in [2.45, 2.75) is 19.1 Å². The fourth-order valence-electron chi connectivity index (χ4n) is 1.93. The molecule has 7 heteroatoms. The summed E-state index contributed by atoms with van der Waals surface area (Å²) in [7, 11) is 0. The number of nitrogens with zero attached hydrogens (tertiary/aromatic N) is 2. The number of amides is 2. The van der Waals surface area contributed by atoms with Crippen molar-refractivity contribution in [3.05, 3.63) is 54.1 Å². The van der Waals surface area contributed by atoms with Gasteiger partial charge in [0.15, 0.2) is 0 Å². The third-order valence-corrected chi connectivity index (χ3v) is 3.12. The summed E-state index contributed by atoms with van der Waals surface area (Å²) in [5.41, 5.74) is 0.556. The van der Waals surface area contributed by atoms with E-state index >= 15 is 0 Å². The van der Waals surface area contributed by atoms with Crippen molar-refractivity contribution in [1.29, 1.82) is 0 Å². The predicted molar refractivity (Wildman–Crippen MR) is 79.6 cm³/mol. The Morgan fingerprint density at radius 2 is 2.09 bits per heavy atom. The Balaban J connectivity index is 1.61. The molecule has 0 aliphatic carbocycles. The number of aliphatic hydroxyl groups excluding tert-OH is 1. The highest BCUT2D eigenvalue weighted by Crippen LogP contribution is 2.12. The number of nitrogens with one attached hydrogen (secondary N) is 2. The van der Waals surface area contributed by atoms with Crippen molar-refractivity contribution >= 4 is 6.03 Å². The summed E-state index contributed by atoms with van der Waals surface area (Å²) in [5, 5.41) is 19.2. The van der Waals surface area contributed by atoms with Gasteiger partial charge in [0.25, 0.3) is 0 Å². The number of hydrogen-bond donors (Lipinski definition) is 3. The molecule has 2 rings (SSSR count). The van der Waals surface area contributed by atoms with Gasteiger partial charge in [0, 0.05) is 32.0 Å². The highest BCUT2D eigenvalue weighted by molar-refractivity contribution is 5.73. The van der Waals surface area contributed by atoms with Gasteiger partial charge in [0.1, 0.15) is 5.82 Å². The number of carbonyl (C=O) groups excluding carboxylic acids is 1. The first-order chi connectivity index (χ1) is 10.6. The molecular weight excluding hydrogens is 287 g/mol. The van der Waals surface area contributed by atoms with Gasteiger partial charge in [-0.05, 0) is 30.2 Å². The molecule has 1 aromatic carbocycles. The van der Waals surface area contributed by atoms with E-state index < -0.39 is 6.10 Å². The summed E-state index contributed by atoms with van der Waals surface area (Å²) in [4.78, 5) is 11.6. The molecule has 1 unspecified atom stereocenters. The van der Waals surface area contributed by atoms with Gasteiger partial charge in [0.05, 0.1) is 6.10 Å². The quantitative estimate of drug-likeness (QED) is 0.677. The number of halogens is 1. The Hall–Kier alpha value is -2.41. The number of rotatable bonds is 7. The highest BCUT2D eigenvalue weighted by Gasteiger charge is 2.09. The number of aromatic nitrogens is 2. The van der Waals surface area contributed by atoms with E-state index in [4.69, 9.17) is 0 Å². The van der Waals surface area contributed by atoms with E-state index in [9.17, 15) is 14.3 Å². The number of hydrogen-bond acceptors (Lipinski definition) is 3. The van der Waals surface area contributed by atoms with Gasteiger partial charge < -0.3 is 15.7 Å². The Kier molecular flexibility index (Phi) is 5.91. The summed E-state index contributed by atoms with van der Waals surface area (Å²) >= 11 is 0. The van der Waals surface area contributed by atoms with Crippen LogP contribution in [0.25, 0.3) is 0 Å². The maximum atomic E-state index is 12.8. The third-order valence-electron chi connectivity index (χ3n) is 3.12. The van der Waals surface area contributed by atoms with Crippen molar-refractivity contribution in [1.82, 2.24) is 20.4 Å². The van der Waals surface area contributed by atoms with Gasteiger partial charge in [-0.2, -0.15) is 5.10 Å². The molecule has 0 radical (unpaired) electrons. The van der Waals surface area contributed by atoms with Gasteiger partial charge in [-0.1, -0.05) is 12.1 Å². The summed E-state index contributed by atoms with van der Waals surface area (Å²) in [6.45, 7) is 1.31. The molecule has 0 saturated heterocycles. The smallest absolute Gasteiger partial charge is 0.314 e. The number of aliphatic hydroxyl groups is 1. The summed E-state index contributed by atoms with van der Waals surface area (Å²) in [6.07, 6.45) is 3.46. The SMILES string of the molecule is O=C(NCCCn1cccn1)NCC(O)c1ccc(F)cc1. The molecule has 0 aliphatic heterocycles. The topological polar surface area (TPSA) is 79.2 Å². The highest BCUT2D eigenvalue weighted by atomic mass is 19.1. The number of carbonyl (C=O) groups is 1. The average molecular weight is 306 g/mol. The Labute approximate surface area is 128 Å². The maximum Gasteiger partial charge on any atom is 0.314 e. The second-order valence-electron chi connectivity index (χ2n) is 4.83. The first-order valence-corrected chi connectivity index (χ1v) is 7.08. The van der Waals surface area contributed by atoms with Crippen LogP contribution in [0, 0.1) is 5.82 Å². The van der Waals surface area contributed by atoms with Gasteiger partial charge >= 0.3 is 6.03 Å². The number of urea groups is 1. The van der Waals surface area contributed by atoms with Crippen LogP contribution in [0.1, 0.15) is 18.1 Å². The van der Waals surface area contributed by atoms with Crippen molar-refractivity contribution in [3.63, 3.8) is 0 Å². The van der Waals surface area contributed by atoms with E-state index in [1.807, 2.05) is 12.3 Å². The molecule has 0 saturated carbocycles. The molecule has 2 amide bonds. The maximum absolute atomic E-state index is 12.8. The zero-order chi connectivity index (χ0) is 15.8. The van der Waals surface area contributed by atoms with E-state index in [1.54, 1.807) is 10.9 Å². The van der Waals surface area contributed by atoms with Crippen molar-refractivity contribution in [2.24, 2.45) is 0 Å². The van der Waals surface area contributed by atoms with Gasteiger partial charge in [0.2, 0.25) is 0 Å². The molecule has 118 valence electrons. The van der Waals surface area contributed by atoms with Crippen molar-refractivity contribution < 1.29 is 14.3 Å². The number of aryl methyl sites for hydroxylation is 1.